The van der Waals surface area contributed by atoms with Crippen molar-refractivity contribution in [3.63, 3.8) is 0 Å². The number of carbonyl (C=O) groups excluding carboxylic acids is 1. The summed E-state index contributed by atoms with van der Waals surface area (Å²) < 4.78 is 4.06. The minimum Gasteiger partial charge on any atom is -0.388 e. The van der Waals surface area contributed by atoms with Crippen molar-refractivity contribution in [2.75, 3.05) is 0 Å². The number of hydrogen-bond donors (Lipinski definition) is 2. The van der Waals surface area contributed by atoms with Gasteiger partial charge in [-0.1, -0.05) is 20.3 Å². The molecule has 0 atom stereocenters. The lowest BCUT2D eigenvalue weighted by atomic mass is 10.1. The zero-order valence-corrected chi connectivity index (χ0v) is 17.4. The van der Waals surface area contributed by atoms with Crippen LogP contribution in [0.2, 0.25) is 0 Å². The molecule has 2 aromatic rings. The average Bonchev–Trinajstić information content (AvgIpc) is 2.96. The second-order valence-corrected chi connectivity index (χ2v) is 7.99. The number of fused-ring (bicyclic) bond motifs is 1. The third kappa shape index (κ3) is 4.52. The van der Waals surface area contributed by atoms with Crippen molar-refractivity contribution in [3.05, 3.63) is 26.7 Å². The Morgan fingerprint density at radius 3 is 2.29 bits per heavy atom. The van der Waals surface area contributed by atoms with Gasteiger partial charge in [0.2, 0.25) is 5.91 Å². The Balaban J connectivity index is 2.73. The van der Waals surface area contributed by atoms with Gasteiger partial charge in [0, 0.05) is 18.6 Å². The standard InChI is InChI=1S/C19H31N5O4/c1-6-8-10-23-16-15(22(9-7-2)13(12-25)20-16)17(27)24(18(23)28)11-14(26)21-19(3,4)5/h25H,6-12H2,1-5H3,(H,21,26). The molecule has 1 amide bonds. The summed E-state index contributed by atoms with van der Waals surface area (Å²) in [4.78, 5) is 42.9. The van der Waals surface area contributed by atoms with Crippen molar-refractivity contribution in [2.24, 2.45) is 0 Å². The predicted octanol–water partition coefficient (Wildman–Crippen LogP) is 0.977. The number of rotatable bonds is 8. The van der Waals surface area contributed by atoms with E-state index in [0.717, 1.165) is 23.8 Å². The van der Waals surface area contributed by atoms with Gasteiger partial charge < -0.3 is 15.0 Å². The van der Waals surface area contributed by atoms with Gasteiger partial charge in [0.1, 0.15) is 19.0 Å². The Morgan fingerprint density at radius 2 is 1.75 bits per heavy atom. The molecule has 0 aromatic carbocycles. The van der Waals surface area contributed by atoms with Crippen LogP contribution < -0.4 is 16.6 Å². The molecule has 0 radical (unpaired) electrons. The monoisotopic (exact) mass is 393 g/mol. The van der Waals surface area contributed by atoms with Crippen LogP contribution in [0.5, 0.6) is 0 Å². The Kier molecular flexibility index (Phi) is 6.82. The van der Waals surface area contributed by atoms with Crippen molar-refractivity contribution in [1.29, 1.82) is 0 Å². The number of aryl methyl sites for hydroxylation is 2. The maximum absolute atomic E-state index is 13.1. The van der Waals surface area contributed by atoms with Crippen LogP contribution >= 0.6 is 0 Å². The van der Waals surface area contributed by atoms with Crippen molar-refractivity contribution < 1.29 is 9.90 Å². The molecule has 0 aliphatic carbocycles. The molecular formula is C19H31N5O4. The Labute approximate surface area is 164 Å². The summed E-state index contributed by atoms with van der Waals surface area (Å²) in [6.45, 7) is 9.65. The summed E-state index contributed by atoms with van der Waals surface area (Å²) in [5.74, 6) is -0.0625. The summed E-state index contributed by atoms with van der Waals surface area (Å²) >= 11 is 0. The lowest BCUT2D eigenvalue weighted by molar-refractivity contribution is -0.123. The predicted molar refractivity (Wildman–Crippen MR) is 107 cm³/mol. The molecule has 2 aromatic heterocycles. The van der Waals surface area contributed by atoms with Crippen LogP contribution in [-0.2, 0) is 31.0 Å². The summed E-state index contributed by atoms with van der Waals surface area (Å²) in [6, 6.07) is 0. The second-order valence-electron chi connectivity index (χ2n) is 7.99. The normalized spacial score (nSPS) is 11.9. The highest BCUT2D eigenvalue weighted by molar-refractivity contribution is 5.77. The fourth-order valence-corrected chi connectivity index (χ4v) is 3.18. The molecule has 0 aliphatic rings. The number of aromatic nitrogens is 4. The zero-order chi connectivity index (χ0) is 21.1. The third-order valence-electron chi connectivity index (χ3n) is 4.33. The lowest BCUT2D eigenvalue weighted by Gasteiger charge is -2.21. The lowest BCUT2D eigenvalue weighted by Crippen LogP contribution is -2.48. The van der Waals surface area contributed by atoms with Gasteiger partial charge in [0.15, 0.2) is 11.2 Å². The fraction of sp³-hybridized carbons (Fsp3) is 0.684. The van der Waals surface area contributed by atoms with E-state index in [2.05, 4.69) is 10.3 Å². The molecule has 2 N–H and O–H groups in total. The number of unbranched alkanes of at least 4 members (excludes halogenated alkanes) is 1. The van der Waals surface area contributed by atoms with Crippen molar-refractivity contribution in [3.8, 4) is 0 Å². The number of amides is 1. The van der Waals surface area contributed by atoms with Crippen LogP contribution in [0.25, 0.3) is 11.2 Å². The molecule has 0 fully saturated rings. The SMILES string of the molecule is CCCCn1c(=O)n(CC(=O)NC(C)(C)C)c(=O)c2c1nc(CO)n2CCC. The van der Waals surface area contributed by atoms with E-state index >= 15 is 0 Å². The maximum atomic E-state index is 13.1. The molecular weight excluding hydrogens is 362 g/mol. The largest absolute Gasteiger partial charge is 0.388 e. The summed E-state index contributed by atoms with van der Waals surface area (Å²) in [6.07, 6.45) is 2.33. The van der Waals surface area contributed by atoms with Gasteiger partial charge in [-0.15, -0.1) is 0 Å². The highest BCUT2D eigenvalue weighted by Gasteiger charge is 2.23. The molecule has 0 bridgehead atoms. The van der Waals surface area contributed by atoms with Gasteiger partial charge in [-0.3, -0.25) is 14.2 Å². The zero-order valence-electron chi connectivity index (χ0n) is 17.4. The Hall–Kier alpha value is -2.42. The fourth-order valence-electron chi connectivity index (χ4n) is 3.18. The minimum absolute atomic E-state index is 0.255. The Morgan fingerprint density at radius 1 is 1.07 bits per heavy atom. The van der Waals surface area contributed by atoms with Gasteiger partial charge in [-0.25, -0.2) is 14.3 Å². The van der Waals surface area contributed by atoms with E-state index in [0.29, 0.717) is 18.9 Å². The molecule has 0 spiro atoms. The molecule has 0 saturated heterocycles. The molecule has 2 heterocycles. The van der Waals surface area contributed by atoms with E-state index in [1.807, 2.05) is 34.6 Å². The molecule has 0 unspecified atom stereocenters. The number of aliphatic hydroxyl groups excluding tert-OH is 1. The van der Waals surface area contributed by atoms with Crippen LogP contribution in [0.1, 0.15) is 59.7 Å². The maximum Gasteiger partial charge on any atom is 0.333 e. The number of nitrogens with one attached hydrogen (secondary N) is 1. The molecule has 9 heteroatoms. The molecule has 9 nitrogen and oxygen atoms in total. The molecule has 28 heavy (non-hydrogen) atoms. The van der Waals surface area contributed by atoms with Gasteiger partial charge in [0.05, 0.1) is 0 Å². The van der Waals surface area contributed by atoms with Gasteiger partial charge in [0.25, 0.3) is 5.56 Å². The topological polar surface area (TPSA) is 111 Å². The van der Waals surface area contributed by atoms with Crippen molar-refractivity contribution in [1.82, 2.24) is 24.0 Å². The van der Waals surface area contributed by atoms with Crippen LogP contribution in [0, 0.1) is 0 Å². The van der Waals surface area contributed by atoms with E-state index in [1.165, 1.54) is 4.57 Å². The van der Waals surface area contributed by atoms with E-state index in [-0.39, 0.29) is 24.3 Å². The smallest absolute Gasteiger partial charge is 0.333 e. The number of carbonyl (C=O) groups is 1. The second kappa shape index (κ2) is 8.72. The first-order valence-electron chi connectivity index (χ1n) is 9.79. The number of aliphatic hydroxyl groups is 1. The Bertz CT molecular complexity index is 962. The van der Waals surface area contributed by atoms with Crippen molar-refractivity contribution in [2.45, 2.75) is 85.7 Å². The van der Waals surface area contributed by atoms with Crippen LogP contribution in [0.4, 0.5) is 0 Å². The van der Waals surface area contributed by atoms with E-state index in [4.69, 9.17) is 0 Å². The first-order chi connectivity index (χ1) is 13.1. The minimum atomic E-state index is -0.558. The van der Waals surface area contributed by atoms with Gasteiger partial charge in [-0.2, -0.15) is 0 Å². The highest BCUT2D eigenvalue weighted by Crippen LogP contribution is 2.13. The number of hydrogen-bond acceptors (Lipinski definition) is 5. The number of nitrogens with zero attached hydrogens (tertiary/aromatic N) is 4. The number of imidazole rings is 1. The van der Waals surface area contributed by atoms with E-state index in [1.54, 1.807) is 4.57 Å². The summed E-state index contributed by atoms with van der Waals surface area (Å²) in [7, 11) is 0. The summed E-state index contributed by atoms with van der Waals surface area (Å²) in [5, 5.41) is 12.5. The van der Waals surface area contributed by atoms with Crippen molar-refractivity contribution >= 4 is 17.1 Å². The van der Waals surface area contributed by atoms with E-state index < -0.39 is 22.7 Å². The van der Waals surface area contributed by atoms with Crippen LogP contribution in [-0.4, -0.2) is 35.2 Å². The van der Waals surface area contributed by atoms with E-state index in [9.17, 15) is 19.5 Å². The van der Waals surface area contributed by atoms with Crippen LogP contribution in [0.3, 0.4) is 0 Å². The quantitative estimate of drug-likeness (QED) is 0.694. The first-order valence-corrected chi connectivity index (χ1v) is 9.79. The molecule has 0 saturated carbocycles. The average molecular weight is 393 g/mol. The van der Waals surface area contributed by atoms with Gasteiger partial charge >= 0.3 is 5.69 Å². The highest BCUT2D eigenvalue weighted by atomic mass is 16.3. The first kappa shape index (κ1) is 21.9. The molecule has 156 valence electrons. The van der Waals surface area contributed by atoms with Gasteiger partial charge in [-0.05, 0) is 33.6 Å². The molecule has 0 aliphatic heterocycles. The summed E-state index contributed by atoms with van der Waals surface area (Å²) in [5.41, 5.74) is -1.06. The van der Waals surface area contributed by atoms with Crippen LogP contribution in [0.15, 0.2) is 9.59 Å². The third-order valence-corrected chi connectivity index (χ3v) is 4.33. The molecule has 2 rings (SSSR count).